The fraction of sp³-hybridized carbons (Fsp3) is 0.556. The lowest BCUT2D eigenvalue weighted by molar-refractivity contribution is 0.376. The summed E-state index contributed by atoms with van der Waals surface area (Å²) in [7, 11) is 3.87. The van der Waals surface area contributed by atoms with Crippen molar-refractivity contribution in [3.8, 4) is 0 Å². The number of hydrogen-bond acceptors (Lipinski definition) is 3. The molecule has 78 valence electrons. The molecule has 5 nitrogen and oxygen atoms in total. The summed E-state index contributed by atoms with van der Waals surface area (Å²) in [4.78, 5) is 26.5. The van der Waals surface area contributed by atoms with Crippen LogP contribution in [0.3, 0.4) is 0 Å². The summed E-state index contributed by atoms with van der Waals surface area (Å²) in [6, 6.07) is 1.43. The van der Waals surface area contributed by atoms with Crippen molar-refractivity contribution in [1.29, 1.82) is 0 Å². The molecule has 0 radical (unpaired) electrons. The molecule has 1 heterocycles. The minimum Gasteiger partial charge on any atom is -0.308 e. The second-order valence-corrected chi connectivity index (χ2v) is 3.54. The predicted octanol–water partition coefficient (Wildman–Crippen LogP) is -0.593. The number of rotatable bonds is 3. The maximum Gasteiger partial charge on any atom is 0.328 e. The molecule has 0 atom stereocenters. The second-order valence-electron chi connectivity index (χ2n) is 3.54. The topological polar surface area (TPSA) is 58.1 Å². The fourth-order valence-electron chi connectivity index (χ4n) is 1.21. The van der Waals surface area contributed by atoms with Gasteiger partial charge in [-0.25, -0.2) is 4.79 Å². The molecule has 0 fully saturated rings. The summed E-state index contributed by atoms with van der Waals surface area (Å²) in [5.74, 6) is 0. The van der Waals surface area contributed by atoms with Crippen LogP contribution in [0.1, 0.15) is 5.69 Å². The average Bonchev–Trinajstić information content (AvgIpc) is 2.01. The number of aromatic nitrogens is 2. The SMILES string of the molecule is Cc1cc(=O)[nH]c(=O)n1CCN(C)C. The molecule has 0 aliphatic heterocycles. The van der Waals surface area contributed by atoms with Crippen molar-refractivity contribution in [2.45, 2.75) is 13.5 Å². The van der Waals surface area contributed by atoms with E-state index in [9.17, 15) is 9.59 Å². The Morgan fingerprint density at radius 2 is 2.07 bits per heavy atom. The zero-order valence-electron chi connectivity index (χ0n) is 8.70. The highest BCUT2D eigenvalue weighted by Crippen LogP contribution is 1.89. The van der Waals surface area contributed by atoms with Gasteiger partial charge in [0.2, 0.25) is 0 Å². The molecule has 0 spiro atoms. The van der Waals surface area contributed by atoms with E-state index in [4.69, 9.17) is 0 Å². The van der Waals surface area contributed by atoms with Crippen molar-refractivity contribution < 1.29 is 0 Å². The fourth-order valence-corrected chi connectivity index (χ4v) is 1.21. The molecule has 0 aliphatic carbocycles. The number of H-pyrrole nitrogens is 1. The van der Waals surface area contributed by atoms with Crippen LogP contribution >= 0.6 is 0 Å². The summed E-state index contributed by atoms with van der Waals surface area (Å²) in [6.45, 7) is 3.12. The van der Waals surface area contributed by atoms with Gasteiger partial charge in [-0.05, 0) is 21.0 Å². The minimum absolute atomic E-state index is 0.336. The standard InChI is InChI=1S/C9H15N3O2/c1-7-6-8(13)10-9(14)12(7)5-4-11(2)3/h6H,4-5H2,1-3H3,(H,10,13,14). The highest BCUT2D eigenvalue weighted by molar-refractivity contribution is 4.98. The van der Waals surface area contributed by atoms with Gasteiger partial charge in [0.15, 0.2) is 0 Å². The smallest absolute Gasteiger partial charge is 0.308 e. The Bertz CT molecular complexity index is 417. The van der Waals surface area contributed by atoms with Crippen LogP contribution in [-0.2, 0) is 6.54 Å². The highest BCUT2D eigenvalue weighted by Gasteiger charge is 2.01. The van der Waals surface area contributed by atoms with E-state index in [-0.39, 0.29) is 11.2 Å². The first-order valence-corrected chi connectivity index (χ1v) is 4.46. The average molecular weight is 197 g/mol. The van der Waals surface area contributed by atoms with E-state index >= 15 is 0 Å². The number of aryl methyl sites for hydroxylation is 1. The third-order valence-electron chi connectivity index (χ3n) is 2.01. The molecule has 1 N–H and O–H groups in total. The van der Waals surface area contributed by atoms with Gasteiger partial charge in [0, 0.05) is 24.8 Å². The lowest BCUT2D eigenvalue weighted by Gasteiger charge is -2.12. The molecule has 0 unspecified atom stereocenters. The number of nitrogens with one attached hydrogen (secondary N) is 1. The molecule has 0 bridgehead atoms. The molecule has 0 amide bonds. The molecule has 5 heteroatoms. The summed E-state index contributed by atoms with van der Waals surface area (Å²) in [6.07, 6.45) is 0. The summed E-state index contributed by atoms with van der Waals surface area (Å²) < 4.78 is 1.56. The Labute approximate surface area is 82.0 Å². The van der Waals surface area contributed by atoms with E-state index in [1.54, 1.807) is 11.5 Å². The van der Waals surface area contributed by atoms with Crippen molar-refractivity contribution in [2.75, 3.05) is 20.6 Å². The Morgan fingerprint density at radius 1 is 1.43 bits per heavy atom. The van der Waals surface area contributed by atoms with E-state index in [1.165, 1.54) is 6.07 Å². The van der Waals surface area contributed by atoms with Crippen molar-refractivity contribution in [3.05, 3.63) is 32.6 Å². The van der Waals surface area contributed by atoms with Crippen LogP contribution in [0.15, 0.2) is 15.7 Å². The molecule has 1 rings (SSSR count). The monoisotopic (exact) mass is 197 g/mol. The molecule has 1 aromatic rings. The molecule has 0 aliphatic rings. The first-order valence-electron chi connectivity index (χ1n) is 4.46. The van der Waals surface area contributed by atoms with Crippen LogP contribution in [0.4, 0.5) is 0 Å². The van der Waals surface area contributed by atoms with Crippen molar-refractivity contribution in [3.63, 3.8) is 0 Å². The highest BCUT2D eigenvalue weighted by atomic mass is 16.2. The molecular formula is C9H15N3O2. The van der Waals surface area contributed by atoms with E-state index in [1.807, 2.05) is 19.0 Å². The van der Waals surface area contributed by atoms with Gasteiger partial charge in [-0.15, -0.1) is 0 Å². The zero-order chi connectivity index (χ0) is 10.7. The Morgan fingerprint density at radius 3 is 2.57 bits per heavy atom. The van der Waals surface area contributed by atoms with Gasteiger partial charge in [-0.3, -0.25) is 14.3 Å². The van der Waals surface area contributed by atoms with E-state index in [0.717, 1.165) is 6.54 Å². The minimum atomic E-state index is -0.339. The number of nitrogens with zero attached hydrogens (tertiary/aromatic N) is 2. The summed E-state index contributed by atoms with van der Waals surface area (Å²) in [5, 5.41) is 0. The Hall–Kier alpha value is -1.36. The van der Waals surface area contributed by atoms with Gasteiger partial charge >= 0.3 is 5.69 Å². The quantitative estimate of drug-likeness (QED) is 0.704. The normalized spacial score (nSPS) is 10.9. The molecule has 14 heavy (non-hydrogen) atoms. The largest absolute Gasteiger partial charge is 0.328 e. The van der Waals surface area contributed by atoms with E-state index < -0.39 is 0 Å². The van der Waals surface area contributed by atoms with Gasteiger partial charge in [-0.1, -0.05) is 0 Å². The van der Waals surface area contributed by atoms with Crippen molar-refractivity contribution >= 4 is 0 Å². The van der Waals surface area contributed by atoms with Crippen LogP contribution in [0.25, 0.3) is 0 Å². The van der Waals surface area contributed by atoms with Gasteiger partial charge in [0.05, 0.1) is 0 Å². The lowest BCUT2D eigenvalue weighted by Crippen LogP contribution is -2.33. The Kier molecular flexibility index (Phi) is 3.24. The molecule has 0 aromatic carbocycles. The molecule has 0 saturated carbocycles. The van der Waals surface area contributed by atoms with Gasteiger partial charge < -0.3 is 4.90 Å². The van der Waals surface area contributed by atoms with Crippen LogP contribution in [-0.4, -0.2) is 35.1 Å². The van der Waals surface area contributed by atoms with Crippen LogP contribution in [0.5, 0.6) is 0 Å². The first-order chi connectivity index (χ1) is 6.50. The zero-order valence-corrected chi connectivity index (χ0v) is 8.70. The van der Waals surface area contributed by atoms with Gasteiger partial charge in [0.25, 0.3) is 5.56 Å². The number of likely N-dealkylation sites (N-methyl/N-ethyl adjacent to an activating group) is 1. The summed E-state index contributed by atoms with van der Waals surface area (Å²) >= 11 is 0. The maximum atomic E-state index is 11.4. The third kappa shape index (κ3) is 2.56. The van der Waals surface area contributed by atoms with Crippen LogP contribution < -0.4 is 11.2 Å². The number of aromatic amines is 1. The molecular weight excluding hydrogens is 182 g/mol. The third-order valence-corrected chi connectivity index (χ3v) is 2.01. The van der Waals surface area contributed by atoms with Crippen molar-refractivity contribution in [2.24, 2.45) is 0 Å². The van der Waals surface area contributed by atoms with Gasteiger partial charge in [-0.2, -0.15) is 0 Å². The Balaban J connectivity index is 2.98. The van der Waals surface area contributed by atoms with Gasteiger partial charge in [0.1, 0.15) is 0 Å². The second kappa shape index (κ2) is 4.23. The van der Waals surface area contributed by atoms with Crippen molar-refractivity contribution in [1.82, 2.24) is 14.5 Å². The maximum absolute atomic E-state index is 11.4. The molecule has 0 saturated heterocycles. The first kappa shape index (κ1) is 10.7. The van der Waals surface area contributed by atoms with Crippen LogP contribution in [0, 0.1) is 6.92 Å². The van der Waals surface area contributed by atoms with E-state index in [2.05, 4.69) is 4.98 Å². The van der Waals surface area contributed by atoms with Crippen LogP contribution in [0.2, 0.25) is 0 Å². The predicted molar refractivity (Wildman–Crippen MR) is 54.6 cm³/mol. The lowest BCUT2D eigenvalue weighted by atomic mass is 10.4. The van der Waals surface area contributed by atoms with E-state index in [0.29, 0.717) is 12.2 Å². The number of hydrogen-bond donors (Lipinski definition) is 1. The summed E-state index contributed by atoms with van der Waals surface area (Å²) in [5.41, 5.74) is 0.0195. The molecule has 1 aromatic heterocycles.